The van der Waals surface area contributed by atoms with Crippen LogP contribution in [0.25, 0.3) is 11.4 Å². The summed E-state index contributed by atoms with van der Waals surface area (Å²) in [6.07, 6.45) is -0.622. The maximum absolute atomic E-state index is 13.0. The van der Waals surface area contributed by atoms with Crippen molar-refractivity contribution >= 4 is 10.0 Å². The lowest BCUT2D eigenvalue weighted by Gasteiger charge is -2.30. The summed E-state index contributed by atoms with van der Waals surface area (Å²) in [5.74, 6) is 1.38. The van der Waals surface area contributed by atoms with E-state index < -0.39 is 16.1 Å². The zero-order valence-electron chi connectivity index (χ0n) is 16.1. The number of hydrogen-bond donors (Lipinski definition) is 0. The van der Waals surface area contributed by atoms with E-state index in [0.29, 0.717) is 5.82 Å². The molecular formula is C20H21N3O5S. The number of rotatable bonds is 5. The van der Waals surface area contributed by atoms with Crippen LogP contribution in [0.1, 0.15) is 17.6 Å². The molecule has 1 aromatic heterocycles. The summed E-state index contributed by atoms with van der Waals surface area (Å²) in [5.41, 5.74) is 1.77. The van der Waals surface area contributed by atoms with Crippen LogP contribution >= 0.6 is 0 Å². The third-order valence-electron chi connectivity index (χ3n) is 4.75. The monoisotopic (exact) mass is 415 g/mol. The molecule has 1 aliphatic heterocycles. The van der Waals surface area contributed by atoms with E-state index in [2.05, 4.69) is 10.1 Å². The molecule has 1 saturated heterocycles. The summed E-state index contributed by atoms with van der Waals surface area (Å²) in [5, 5.41) is 4.00. The maximum Gasteiger partial charge on any atom is 0.257 e. The smallest absolute Gasteiger partial charge is 0.257 e. The highest BCUT2D eigenvalue weighted by atomic mass is 32.2. The second-order valence-corrected chi connectivity index (χ2v) is 8.66. The topological polar surface area (TPSA) is 94.8 Å². The lowest BCUT2D eigenvalue weighted by atomic mass is 10.2. The Morgan fingerprint density at radius 1 is 1.10 bits per heavy atom. The van der Waals surface area contributed by atoms with E-state index in [0.717, 1.165) is 16.9 Å². The maximum atomic E-state index is 13.0. The molecule has 8 nitrogen and oxygen atoms in total. The van der Waals surface area contributed by atoms with E-state index in [1.807, 2.05) is 19.1 Å². The number of nitrogens with zero attached hydrogens (tertiary/aromatic N) is 3. The molecule has 4 rings (SSSR count). The third-order valence-corrected chi connectivity index (χ3v) is 6.63. The molecule has 152 valence electrons. The lowest BCUT2D eigenvalue weighted by Crippen LogP contribution is -2.42. The van der Waals surface area contributed by atoms with Gasteiger partial charge in [0.1, 0.15) is 5.75 Å². The van der Waals surface area contributed by atoms with Gasteiger partial charge in [0.05, 0.1) is 18.6 Å². The van der Waals surface area contributed by atoms with Gasteiger partial charge in [-0.3, -0.25) is 0 Å². The molecule has 2 aromatic carbocycles. The molecule has 2 heterocycles. The quantitative estimate of drug-likeness (QED) is 0.632. The lowest BCUT2D eigenvalue weighted by molar-refractivity contribution is -0.0199. The van der Waals surface area contributed by atoms with Crippen LogP contribution in [-0.2, 0) is 14.8 Å². The van der Waals surface area contributed by atoms with Gasteiger partial charge in [0.15, 0.2) is 6.10 Å². The Kier molecular flexibility index (Phi) is 5.35. The van der Waals surface area contributed by atoms with E-state index in [1.54, 1.807) is 43.5 Å². The highest BCUT2D eigenvalue weighted by Crippen LogP contribution is 2.28. The number of aromatic nitrogens is 2. The number of methoxy groups -OCH3 is 1. The van der Waals surface area contributed by atoms with Crippen LogP contribution in [0, 0.1) is 6.92 Å². The minimum absolute atomic E-state index is 0.112. The molecule has 0 bridgehead atoms. The van der Waals surface area contributed by atoms with Gasteiger partial charge in [0, 0.05) is 18.7 Å². The number of ether oxygens (including phenoxy) is 2. The largest absolute Gasteiger partial charge is 0.497 e. The fourth-order valence-corrected chi connectivity index (χ4v) is 4.50. The molecule has 0 saturated carbocycles. The number of morpholine rings is 1. The molecule has 29 heavy (non-hydrogen) atoms. The summed E-state index contributed by atoms with van der Waals surface area (Å²) in [6.45, 7) is 2.54. The Balaban J connectivity index is 1.52. The highest BCUT2D eigenvalue weighted by molar-refractivity contribution is 7.89. The predicted octanol–water partition coefficient (Wildman–Crippen LogP) is 2.82. The van der Waals surface area contributed by atoms with Crippen molar-refractivity contribution < 1.29 is 22.4 Å². The first-order chi connectivity index (χ1) is 14.0. The van der Waals surface area contributed by atoms with Crippen molar-refractivity contribution in [3.63, 3.8) is 0 Å². The van der Waals surface area contributed by atoms with Crippen LogP contribution in [0.2, 0.25) is 0 Å². The van der Waals surface area contributed by atoms with Crippen LogP contribution in [0.3, 0.4) is 0 Å². The fourth-order valence-electron chi connectivity index (χ4n) is 3.08. The van der Waals surface area contributed by atoms with Gasteiger partial charge in [-0.05, 0) is 43.3 Å². The summed E-state index contributed by atoms with van der Waals surface area (Å²) < 4.78 is 43.5. The van der Waals surface area contributed by atoms with E-state index in [-0.39, 0.29) is 30.5 Å². The summed E-state index contributed by atoms with van der Waals surface area (Å²) in [4.78, 5) is 4.65. The van der Waals surface area contributed by atoms with E-state index in [4.69, 9.17) is 14.0 Å². The Labute approximate surface area is 169 Å². The zero-order valence-corrected chi connectivity index (χ0v) is 16.9. The molecule has 1 fully saturated rings. The van der Waals surface area contributed by atoms with Gasteiger partial charge >= 0.3 is 0 Å². The van der Waals surface area contributed by atoms with Crippen molar-refractivity contribution in [2.24, 2.45) is 0 Å². The van der Waals surface area contributed by atoms with Crippen molar-refractivity contribution in [2.45, 2.75) is 17.9 Å². The molecule has 0 radical (unpaired) electrons. The standard InChI is InChI=1S/C20H21N3O5S/c1-14-3-9-17(10-4-14)29(24,25)23-11-12-27-18(13-23)20-21-19(22-28-20)15-5-7-16(26-2)8-6-15/h3-10,18H,11-13H2,1-2H3/t18-/m0/s1. The second kappa shape index (κ2) is 7.94. The van der Waals surface area contributed by atoms with E-state index in [1.165, 1.54) is 4.31 Å². The molecule has 9 heteroatoms. The van der Waals surface area contributed by atoms with Crippen LogP contribution in [-0.4, -0.2) is 49.7 Å². The zero-order chi connectivity index (χ0) is 20.4. The Morgan fingerprint density at radius 2 is 1.83 bits per heavy atom. The third kappa shape index (κ3) is 4.02. The number of benzene rings is 2. The summed E-state index contributed by atoms with van der Waals surface area (Å²) >= 11 is 0. The van der Waals surface area contributed by atoms with Crippen LogP contribution < -0.4 is 4.74 Å². The van der Waals surface area contributed by atoms with Crippen molar-refractivity contribution in [1.29, 1.82) is 0 Å². The Morgan fingerprint density at radius 3 is 2.52 bits per heavy atom. The molecule has 0 N–H and O–H groups in total. The number of aryl methyl sites for hydroxylation is 1. The SMILES string of the molecule is COc1ccc(-c2noc([C@@H]3CN(S(=O)(=O)c4ccc(C)cc4)CCO3)n2)cc1. The van der Waals surface area contributed by atoms with Crippen molar-refractivity contribution in [3.05, 3.63) is 60.0 Å². The first kappa shape index (κ1) is 19.6. The molecule has 0 amide bonds. The predicted molar refractivity (Wildman–Crippen MR) is 105 cm³/mol. The normalized spacial score (nSPS) is 17.9. The van der Waals surface area contributed by atoms with Gasteiger partial charge in [0.25, 0.3) is 5.89 Å². The van der Waals surface area contributed by atoms with Gasteiger partial charge in [-0.25, -0.2) is 8.42 Å². The minimum atomic E-state index is -3.62. The Bertz CT molecular complexity index is 1080. The highest BCUT2D eigenvalue weighted by Gasteiger charge is 2.34. The molecule has 0 unspecified atom stereocenters. The van der Waals surface area contributed by atoms with E-state index in [9.17, 15) is 8.42 Å². The fraction of sp³-hybridized carbons (Fsp3) is 0.300. The molecule has 0 aliphatic carbocycles. The molecular weight excluding hydrogens is 394 g/mol. The van der Waals surface area contributed by atoms with Gasteiger partial charge in [-0.2, -0.15) is 9.29 Å². The molecule has 1 aliphatic rings. The van der Waals surface area contributed by atoms with Crippen LogP contribution in [0.4, 0.5) is 0 Å². The van der Waals surface area contributed by atoms with Crippen molar-refractivity contribution in [1.82, 2.24) is 14.4 Å². The Hall–Kier alpha value is -2.75. The number of hydrogen-bond acceptors (Lipinski definition) is 7. The second-order valence-electron chi connectivity index (χ2n) is 6.72. The molecule has 0 spiro atoms. The first-order valence-electron chi connectivity index (χ1n) is 9.14. The average Bonchev–Trinajstić information content (AvgIpc) is 3.24. The van der Waals surface area contributed by atoms with Crippen molar-refractivity contribution in [3.8, 4) is 17.1 Å². The van der Waals surface area contributed by atoms with Gasteiger partial charge in [0.2, 0.25) is 15.8 Å². The first-order valence-corrected chi connectivity index (χ1v) is 10.6. The van der Waals surface area contributed by atoms with Crippen LogP contribution in [0.15, 0.2) is 57.9 Å². The average molecular weight is 415 g/mol. The number of sulfonamides is 1. The summed E-state index contributed by atoms with van der Waals surface area (Å²) in [7, 11) is -2.03. The van der Waals surface area contributed by atoms with Crippen LogP contribution in [0.5, 0.6) is 5.75 Å². The van der Waals surface area contributed by atoms with E-state index >= 15 is 0 Å². The minimum Gasteiger partial charge on any atom is -0.497 e. The molecule has 3 aromatic rings. The van der Waals surface area contributed by atoms with Gasteiger partial charge in [-0.15, -0.1) is 0 Å². The van der Waals surface area contributed by atoms with Gasteiger partial charge in [-0.1, -0.05) is 22.9 Å². The van der Waals surface area contributed by atoms with Gasteiger partial charge < -0.3 is 14.0 Å². The summed E-state index contributed by atoms with van der Waals surface area (Å²) in [6, 6.07) is 14.0. The molecule has 1 atom stereocenters. The van der Waals surface area contributed by atoms with Crippen molar-refractivity contribution in [2.75, 3.05) is 26.8 Å².